The first kappa shape index (κ1) is 16.7. The molecule has 0 radical (unpaired) electrons. The molecule has 1 fully saturated rings. The third-order valence-corrected chi connectivity index (χ3v) is 4.74. The van der Waals surface area contributed by atoms with Crippen LogP contribution in [0.2, 0.25) is 5.02 Å². The van der Waals surface area contributed by atoms with Crippen LogP contribution in [-0.4, -0.2) is 10.7 Å². The number of benzene rings is 2. The molecule has 1 heterocycles. The summed E-state index contributed by atoms with van der Waals surface area (Å²) in [5.74, 6) is 1.15. The monoisotopic (exact) mass is 366 g/mol. The fourth-order valence-electron chi connectivity index (χ4n) is 3.07. The van der Waals surface area contributed by atoms with Crippen molar-refractivity contribution in [2.45, 2.75) is 18.8 Å². The Morgan fingerprint density at radius 2 is 1.85 bits per heavy atom. The molecule has 3 aromatic rings. The minimum Gasteiger partial charge on any atom is -0.408 e. The number of anilines is 1. The zero-order valence-electron chi connectivity index (χ0n) is 14.4. The zero-order chi connectivity index (χ0) is 18.1. The van der Waals surface area contributed by atoms with Crippen LogP contribution in [0.5, 0.6) is 5.75 Å². The van der Waals surface area contributed by atoms with Gasteiger partial charge in [0.15, 0.2) is 5.75 Å². The first-order chi connectivity index (χ1) is 12.6. The second-order valence-corrected chi connectivity index (χ2v) is 7.02. The summed E-state index contributed by atoms with van der Waals surface area (Å²) < 4.78 is 7.52. The molecular weight excluding hydrogens is 348 g/mol. The van der Waals surface area contributed by atoms with Gasteiger partial charge in [0.2, 0.25) is 0 Å². The molecule has 0 spiro atoms. The molecule has 2 aromatic carbocycles. The van der Waals surface area contributed by atoms with Crippen molar-refractivity contribution in [2.24, 2.45) is 7.05 Å². The van der Waals surface area contributed by atoms with E-state index in [-0.39, 0.29) is 0 Å². The smallest absolute Gasteiger partial charge is 0.408 e. The summed E-state index contributed by atoms with van der Waals surface area (Å²) in [7, 11) is 1.94. The van der Waals surface area contributed by atoms with Gasteiger partial charge in [0.1, 0.15) is 0 Å². The second kappa shape index (κ2) is 6.89. The van der Waals surface area contributed by atoms with E-state index in [1.807, 2.05) is 72.5 Å². The first-order valence-electron chi connectivity index (χ1n) is 8.60. The number of ether oxygens (including phenoxy) is 1. The summed E-state index contributed by atoms with van der Waals surface area (Å²) >= 11 is 5.97. The lowest BCUT2D eigenvalue weighted by Crippen LogP contribution is -2.17. The number of aromatic nitrogens is 1. The number of halogens is 1. The lowest BCUT2D eigenvalue weighted by atomic mass is 10.0. The molecule has 4 rings (SSSR count). The quantitative estimate of drug-likeness (QED) is 0.630. The summed E-state index contributed by atoms with van der Waals surface area (Å²) in [6.07, 6.45) is 5.70. The number of amides is 1. The largest absolute Gasteiger partial charge is 0.417 e. The minimum absolute atomic E-state index is 0.487. The van der Waals surface area contributed by atoms with E-state index in [9.17, 15) is 4.79 Å². The highest BCUT2D eigenvalue weighted by Gasteiger charge is 2.29. The topological polar surface area (TPSA) is 43.3 Å². The molecule has 0 atom stereocenters. The molecule has 1 N–H and O–H groups in total. The molecule has 4 nitrogen and oxygen atoms in total. The average Bonchev–Trinajstić information content (AvgIpc) is 3.40. The highest BCUT2D eigenvalue weighted by atomic mass is 35.5. The van der Waals surface area contributed by atoms with E-state index in [1.54, 1.807) is 0 Å². The van der Waals surface area contributed by atoms with Crippen LogP contribution >= 0.6 is 11.6 Å². The molecule has 132 valence electrons. The van der Waals surface area contributed by atoms with Gasteiger partial charge in [-0.3, -0.25) is 5.32 Å². The molecule has 1 saturated carbocycles. The van der Waals surface area contributed by atoms with Crippen LogP contribution in [0.3, 0.4) is 0 Å². The number of carbonyl (C=O) groups excluding carboxylic acids is 1. The van der Waals surface area contributed by atoms with Crippen LogP contribution in [-0.2, 0) is 7.05 Å². The Bertz CT molecular complexity index is 943. The first-order valence-corrected chi connectivity index (χ1v) is 8.97. The van der Waals surface area contributed by atoms with Crippen LogP contribution in [0, 0.1) is 0 Å². The van der Waals surface area contributed by atoms with Crippen molar-refractivity contribution < 1.29 is 9.53 Å². The SMILES string of the molecule is Cn1cc(OC(=O)Nc2ccccc2-c2ccc(Cl)cc2)c(C2CC2)c1. The molecule has 0 bridgehead atoms. The fraction of sp³-hybridized carbons (Fsp3) is 0.190. The summed E-state index contributed by atoms with van der Waals surface area (Å²) in [6.45, 7) is 0. The molecular formula is C21H19ClN2O2. The normalized spacial score (nSPS) is 13.5. The van der Waals surface area contributed by atoms with Crippen LogP contribution in [0.15, 0.2) is 60.9 Å². The van der Waals surface area contributed by atoms with E-state index < -0.39 is 6.09 Å². The van der Waals surface area contributed by atoms with Crippen molar-refractivity contribution in [1.82, 2.24) is 4.57 Å². The van der Waals surface area contributed by atoms with Gasteiger partial charge in [0.05, 0.1) is 5.69 Å². The van der Waals surface area contributed by atoms with E-state index in [4.69, 9.17) is 16.3 Å². The van der Waals surface area contributed by atoms with Crippen molar-refractivity contribution in [2.75, 3.05) is 5.32 Å². The van der Waals surface area contributed by atoms with Gasteiger partial charge in [-0.05, 0) is 42.5 Å². The van der Waals surface area contributed by atoms with E-state index in [0.29, 0.717) is 22.4 Å². The molecule has 1 aliphatic carbocycles. The van der Waals surface area contributed by atoms with Gasteiger partial charge in [-0.1, -0.05) is 41.9 Å². The minimum atomic E-state index is -0.487. The van der Waals surface area contributed by atoms with E-state index in [0.717, 1.165) is 29.5 Å². The molecule has 0 aliphatic heterocycles. The Hall–Kier alpha value is -2.72. The van der Waals surface area contributed by atoms with Gasteiger partial charge >= 0.3 is 6.09 Å². The van der Waals surface area contributed by atoms with Gasteiger partial charge in [-0.25, -0.2) is 4.79 Å². The Labute approximate surface area is 157 Å². The Morgan fingerprint density at radius 3 is 2.58 bits per heavy atom. The Morgan fingerprint density at radius 1 is 1.12 bits per heavy atom. The second-order valence-electron chi connectivity index (χ2n) is 6.58. The molecule has 1 aromatic heterocycles. The van der Waals surface area contributed by atoms with Gasteiger partial charge in [0, 0.05) is 35.6 Å². The lowest BCUT2D eigenvalue weighted by molar-refractivity contribution is 0.215. The van der Waals surface area contributed by atoms with Crippen molar-refractivity contribution in [3.63, 3.8) is 0 Å². The number of aryl methyl sites for hydroxylation is 1. The van der Waals surface area contributed by atoms with Gasteiger partial charge < -0.3 is 9.30 Å². The lowest BCUT2D eigenvalue weighted by Gasteiger charge is -2.12. The third kappa shape index (κ3) is 3.60. The number of hydrogen-bond donors (Lipinski definition) is 1. The summed E-state index contributed by atoms with van der Waals surface area (Å²) in [5, 5.41) is 3.54. The maximum absolute atomic E-state index is 12.5. The van der Waals surface area contributed by atoms with Gasteiger partial charge in [0.25, 0.3) is 0 Å². The number of hydrogen-bond acceptors (Lipinski definition) is 2. The van der Waals surface area contributed by atoms with Crippen molar-refractivity contribution in [3.05, 3.63) is 71.5 Å². The van der Waals surface area contributed by atoms with Crippen LogP contribution in [0.1, 0.15) is 24.3 Å². The van der Waals surface area contributed by atoms with Crippen LogP contribution in [0.4, 0.5) is 10.5 Å². The highest BCUT2D eigenvalue weighted by molar-refractivity contribution is 6.30. The maximum atomic E-state index is 12.5. The number of nitrogens with one attached hydrogen (secondary N) is 1. The zero-order valence-corrected chi connectivity index (χ0v) is 15.2. The van der Waals surface area contributed by atoms with Crippen LogP contribution < -0.4 is 10.1 Å². The number of para-hydroxylation sites is 1. The molecule has 0 saturated heterocycles. The number of nitrogens with zero attached hydrogens (tertiary/aromatic N) is 1. The van der Waals surface area contributed by atoms with Gasteiger partial charge in [-0.15, -0.1) is 0 Å². The summed E-state index contributed by atoms with van der Waals surface area (Å²) in [6, 6.07) is 15.1. The molecule has 5 heteroatoms. The third-order valence-electron chi connectivity index (χ3n) is 4.49. The van der Waals surface area contributed by atoms with E-state index >= 15 is 0 Å². The number of carbonyl (C=O) groups is 1. The van der Waals surface area contributed by atoms with Crippen molar-refractivity contribution in [3.8, 4) is 16.9 Å². The Kier molecular flexibility index (Phi) is 4.43. The standard InChI is InChI=1S/C21H19ClN2O2/c1-24-12-18(15-6-7-15)20(13-24)26-21(25)23-19-5-3-2-4-17(19)14-8-10-16(22)11-9-14/h2-5,8-13,15H,6-7H2,1H3,(H,23,25). The predicted molar refractivity (Wildman–Crippen MR) is 104 cm³/mol. The predicted octanol–water partition coefficient (Wildman–Crippen LogP) is 5.83. The van der Waals surface area contributed by atoms with E-state index in [2.05, 4.69) is 5.32 Å². The van der Waals surface area contributed by atoms with Gasteiger partial charge in [-0.2, -0.15) is 0 Å². The molecule has 1 aliphatic rings. The van der Waals surface area contributed by atoms with Crippen LogP contribution in [0.25, 0.3) is 11.1 Å². The average molecular weight is 367 g/mol. The molecule has 0 unspecified atom stereocenters. The number of rotatable bonds is 4. The van der Waals surface area contributed by atoms with Crippen molar-refractivity contribution >= 4 is 23.4 Å². The Balaban J connectivity index is 1.54. The summed E-state index contributed by atoms with van der Waals surface area (Å²) in [5.41, 5.74) is 3.69. The highest BCUT2D eigenvalue weighted by Crippen LogP contribution is 2.44. The van der Waals surface area contributed by atoms with E-state index in [1.165, 1.54) is 0 Å². The fourth-order valence-corrected chi connectivity index (χ4v) is 3.20. The maximum Gasteiger partial charge on any atom is 0.417 e. The molecule has 26 heavy (non-hydrogen) atoms. The molecule has 1 amide bonds. The summed E-state index contributed by atoms with van der Waals surface area (Å²) in [4.78, 5) is 12.5. The van der Waals surface area contributed by atoms with Crippen molar-refractivity contribution in [1.29, 1.82) is 0 Å².